The standard InChI is InChI=1S/C8H16F3N/c1-3-7(12-4-2)5-6-8(9,10)11/h7,12H,3-6H2,1-2H3. The summed E-state index contributed by atoms with van der Waals surface area (Å²) in [5, 5.41) is 3.00. The minimum absolute atomic E-state index is 0.0108. The Balaban J connectivity index is 3.58. The first-order chi connectivity index (χ1) is 5.49. The molecule has 1 nitrogen and oxygen atoms in total. The Morgan fingerprint density at radius 1 is 1.25 bits per heavy atom. The largest absolute Gasteiger partial charge is 0.389 e. The van der Waals surface area contributed by atoms with Gasteiger partial charge in [-0.2, -0.15) is 13.2 Å². The fourth-order valence-corrected chi connectivity index (χ4v) is 1.08. The van der Waals surface area contributed by atoms with Gasteiger partial charge in [0, 0.05) is 12.5 Å². The molecule has 1 unspecified atom stereocenters. The molecule has 0 aliphatic carbocycles. The molecule has 0 aliphatic rings. The highest BCUT2D eigenvalue weighted by Crippen LogP contribution is 2.22. The third-order valence-electron chi connectivity index (χ3n) is 1.76. The van der Waals surface area contributed by atoms with Crippen LogP contribution >= 0.6 is 0 Å². The lowest BCUT2D eigenvalue weighted by Gasteiger charge is -2.16. The Hall–Kier alpha value is -0.250. The fraction of sp³-hybridized carbons (Fsp3) is 1.00. The van der Waals surface area contributed by atoms with E-state index in [1.54, 1.807) is 0 Å². The van der Waals surface area contributed by atoms with Crippen molar-refractivity contribution in [3.63, 3.8) is 0 Å². The van der Waals surface area contributed by atoms with Gasteiger partial charge in [-0.3, -0.25) is 0 Å². The van der Waals surface area contributed by atoms with Crippen LogP contribution in [-0.2, 0) is 0 Å². The predicted octanol–water partition coefficient (Wildman–Crippen LogP) is 2.72. The van der Waals surface area contributed by atoms with E-state index in [4.69, 9.17) is 0 Å². The van der Waals surface area contributed by atoms with Crippen molar-refractivity contribution in [3.8, 4) is 0 Å². The summed E-state index contributed by atoms with van der Waals surface area (Å²) in [6, 6.07) is 0.0108. The van der Waals surface area contributed by atoms with Gasteiger partial charge < -0.3 is 5.32 Å². The van der Waals surface area contributed by atoms with Crippen LogP contribution in [0.25, 0.3) is 0 Å². The first kappa shape index (κ1) is 11.8. The van der Waals surface area contributed by atoms with Crippen molar-refractivity contribution in [2.24, 2.45) is 0 Å². The molecular weight excluding hydrogens is 167 g/mol. The second-order valence-corrected chi connectivity index (χ2v) is 2.82. The summed E-state index contributed by atoms with van der Waals surface area (Å²) < 4.78 is 35.3. The van der Waals surface area contributed by atoms with E-state index < -0.39 is 12.6 Å². The Labute approximate surface area is 71.3 Å². The molecule has 0 spiro atoms. The molecule has 0 aromatic carbocycles. The summed E-state index contributed by atoms with van der Waals surface area (Å²) in [5.74, 6) is 0. The lowest BCUT2D eigenvalue weighted by atomic mass is 10.1. The van der Waals surface area contributed by atoms with Crippen LogP contribution in [0.15, 0.2) is 0 Å². The molecule has 0 rings (SSSR count). The Morgan fingerprint density at radius 2 is 1.83 bits per heavy atom. The van der Waals surface area contributed by atoms with E-state index in [2.05, 4.69) is 5.32 Å². The Kier molecular flexibility index (Phi) is 5.29. The zero-order valence-electron chi connectivity index (χ0n) is 7.54. The van der Waals surface area contributed by atoms with Crippen LogP contribution in [-0.4, -0.2) is 18.8 Å². The molecule has 12 heavy (non-hydrogen) atoms. The van der Waals surface area contributed by atoms with Crippen LogP contribution in [0.3, 0.4) is 0 Å². The maximum absolute atomic E-state index is 11.8. The number of halogens is 3. The van der Waals surface area contributed by atoms with E-state index in [9.17, 15) is 13.2 Å². The van der Waals surface area contributed by atoms with Crippen LogP contribution in [0.2, 0.25) is 0 Å². The van der Waals surface area contributed by atoms with E-state index in [0.29, 0.717) is 0 Å². The smallest absolute Gasteiger partial charge is 0.314 e. The molecule has 74 valence electrons. The minimum atomic E-state index is -4.01. The fourth-order valence-electron chi connectivity index (χ4n) is 1.08. The average molecular weight is 183 g/mol. The summed E-state index contributed by atoms with van der Waals surface area (Å²) in [5.41, 5.74) is 0. The number of hydrogen-bond acceptors (Lipinski definition) is 1. The monoisotopic (exact) mass is 183 g/mol. The second-order valence-electron chi connectivity index (χ2n) is 2.82. The lowest BCUT2D eigenvalue weighted by Crippen LogP contribution is -2.29. The van der Waals surface area contributed by atoms with Crippen molar-refractivity contribution in [3.05, 3.63) is 0 Å². The van der Waals surface area contributed by atoms with Gasteiger partial charge in [0.05, 0.1) is 0 Å². The number of hydrogen-bond donors (Lipinski definition) is 1. The zero-order valence-corrected chi connectivity index (χ0v) is 7.54. The molecule has 0 aliphatic heterocycles. The van der Waals surface area contributed by atoms with Gasteiger partial charge >= 0.3 is 6.18 Å². The van der Waals surface area contributed by atoms with Gasteiger partial charge in [0.25, 0.3) is 0 Å². The first-order valence-corrected chi connectivity index (χ1v) is 4.29. The summed E-state index contributed by atoms with van der Waals surface area (Å²) in [4.78, 5) is 0. The van der Waals surface area contributed by atoms with Crippen molar-refractivity contribution in [2.75, 3.05) is 6.54 Å². The SMILES string of the molecule is CCNC(CC)CCC(F)(F)F. The van der Waals surface area contributed by atoms with Crippen LogP contribution in [0, 0.1) is 0 Å². The molecule has 0 aromatic rings. The average Bonchev–Trinajstić information content (AvgIpc) is 1.96. The van der Waals surface area contributed by atoms with Crippen LogP contribution in [0.1, 0.15) is 33.1 Å². The molecule has 0 bridgehead atoms. The van der Waals surface area contributed by atoms with Gasteiger partial charge in [0.15, 0.2) is 0 Å². The summed E-state index contributed by atoms with van der Waals surface area (Å²) in [6.45, 7) is 4.52. The molecule has 4 heteroatoms. The maximum Gasteiger partial charge on any atom is 0.389 e. The quantitative estimate of drug-likeness (QED) is 0.691. The number of rotatable bonds is 5. The molecule has 1 atom stereocenters. The number of alkyl halides is 3. The molecular formula is C8H16F3N. The van der Waals surface area contributed by atoms with Crippen LogP contribution in [0.5, 0.6) is 0 Å². The second kappa shape index (κ2) is 5.41. The predicted molar refractivity (Wildman–Crippen MR) is 43.0 cm³/mol. The third kappa shape index (κ3) is 6.46. The van der Waals surface area contributed by atoms with Gasteiger partial charge in [0.2, 0.25) is 0 Å². The van der Waals surface area contributed by atoms with Crippen molar-refractivity contribution >= 4 is 0 Å². The highest BCUT2D eigenvalue weighted by molar-refractivity contribution is 4.65. The van der Waals surface area contributed by atoms with Gasteiger partial charge in [0.1, 0.15) is 0 Å². The van der Waals surface area contributed by atoms with E-state index >= 15 is 0 Å². The van der Waals surface area contributed by atoms with Gasteiger partial charge in [-0.05, 0) is 19.4 Å². The summed E-state index contributed by atoms with van der Waals surface area (Å²) >= 11 is 0. The van der Waals surface area contributed by atoms with E-state index in [1.165, 1.54) is 0 Å². The maximum atomic E-state index is 11.8. The van der Waals surface area contributed by atoms with Gasteiger partial charge in [-0.25, -0.2) is 0 Å². The molecule has 0 amide bonds. The van der Waals surface area contributed by atoms with E-state index in [-0.39, 0.29) is 12.5 Å². The molecule has 0 radical (unpaired) electrons. The van der Waals surface area contributed by atoms with E-state index in [0.717, 1.165) is 13.0 Å². The van der Waals surface area contributed by atoms with Crippen molar-refractivity contribution in [1.82, 2.24) is 5.32 Å². The molecule has 0 heterocycles. The van der Waals surface area contributed by atoms with Gasteiger partial charge in [-0.15, -0.1) is 0 Å². The van der Waals surface area contributed by atoms with Gasteiger partial charge in [-0.1, -0.05) is 13.8 Å². The molecule has 0 fully saturated rings. The highest BCUT2D eigenvalue weighted by Gasteiger charge is 2.27. The van der Waals surface area contributed by atoms with Crippen LogP contribution < -0.4 is 5.32 Å². The van der Waals surface area contributed by atoms with Crippen molar-refractivity contribution in [2.45, 2.75) is 45.3 Å². The topological polar surface area (TPSA) is 12.0 Å². The summed E-state index contributed by atoms with van der Waals surface area (Å²) in [6.07, 6.45) is -3.75. The Bertz CT molecular complexity index is 111. The van der Waals surface area contributed by atoms with Crippen molar-refractivity contribution in [1.29, 1.82) is 0 Å². The molecule has 0 aromatic heterocycles. The highest BCUT2D eigenvalue weighted by atomic mass is 19.4. The lowest BCUT2D eigenvalue weighted by molar-refractivity contribution is -0.136. The molecule has 0 saturated carbocycles. The molecule has 1 N–H and O–H groups in total. The zero-order chi connectivity index (χ0) is 9.61. The van der Waals surface area contributed by atoms with E-state index in [1.807, 2.05) is 13.8 Å². The first-order valence-electron chi connectivity index (χ1n) is 4.29. The van der Waals surface area contributed by atoms with Crippen LogP contribution in [0.4, 0.5) is 13.2 Å². The minimum Gasteiger partial charge on any atom is -0.314 e. The molecule has 0 saturated heterocycles. The Morgan fingerprint density at radius 3 is 2.17 bits per heavy atom. The number of nitrogens with one attached hydrogen (secondary N) is 1. The van der Waals surface area contributed by atoms with Crippen molar-refractivity contribution < 1.29 is 13.2 Å². The summed E-state index contributed by atoms with van der Waals surface area (Å²) in [7, 11) is 0. The third-order valence-corrected chi connectivity index (χ3v) is 1.76. The normalized spacial score (nSPS) is 14.8.